The van der Waals surface area contributed by atoms with E-state index in [1.807, 2.05) is 0 Å². The Balaban J connectivity index is 1.91. The molecule has 3 aromatic rings. The lowest BCUT2D eigenvalue weighted by Gasteiger charge is -2.10. The Bertz CT molecular complexity index is 1000. The standard InChI is InChI=1S/C19H13FN2O3S/c20-15-8-7-11(10-14(15)18(21)24)22-19(25)13-5-2-1-4-12(13)17(23)16-6-3-9-26-16/h1-10H,(H2,21,24)(H,22,25). The van der Waals surface area contributed by atoms with Crippen molar-refractivity contribution in [3.05, 3.63) is 87.4 Å². The summed E-state index contributed by atoms with van der Waals surface area (Å²) >= 11 is 1.28. The smallest absolute Gasteiger partial charge is 0.256 e. The molecule has 7 heteroatoms. The number of anilines is 1. The molecule has 3 rings (SSSR count). The first-order valence-corrected chi connectivity index (χ1v) is 8.43. The second kappa shape index (κ2) is 7.28. The van der Waals surface area contributed by atoms with Crippen molar-refractivity contribution in [2.45, 2.75) is 0 Å². The number of hydrogen-bond donors (Lipinski definition) is 2. The third-order valence-electron chi connectivity index (χ3n) is 3.65. The van der Waals surface area contributed by atoms with Crippen LogP contribution in [0.2, 0.25) is 0 Å². The number of carbonyl (C=O) groups is 3. The van der Waals surface area contributed by atoms with E-state index in [9.17, 15) is 18.8 Å². The zero-order valence-corrected chi connectivity index (χ0v) is 14.2. The molecular formula is C19H13FN2O3S. The van der Waals surface area contributed by atoms with Crippen molar-refractivity contribution in [1.29, 1.82) is 0 Å². The minimum Gasteiger partial charge on any atom is -0.366 e. The molecule has 0 atom stereocenters. The van der Waals surface area contributed by atoms with E-state index in [-0.39, 0.29) is 28.2 Å². The molecule has 130 valence electrons. The molecule has 1 heterocycles. The average Bonchev–Trinajstić information content (AvgIpc) is 3.17. The molecule has 0 saturated heterocycles. The molecule has 1 aromatic heterocycles. The van der Waals surface area contributed by atoms with Crippen molar-refractivity contribution in [1.82, 2.24) is 0 Å². The Morgan fingerprint density at radius 1 is 0.923 bits per heavy atom. The van der Waals surface area contributed by atoms with Crippen LogP contribution in [0.25, 0.3) is 0 Å². The summed E-state index contributed by atoms with van der Waals surface area (Å²) in [5.74, 6) is -2.52. The van der Waals surface area contributed by atoms with Gasteiger partial charge >= 0.3 is 0 Å². The number of carbonyl (C=O) groups excluding carboxylic acids is 3. The summed E-state index contributed by atoms with van der Waals surface area (Å²) in [6, 6.07) is 13.3. The van der Waals surface area contributed by atoms with Gasteiger partial charge in [-0.1, -0.05) is 24.3 Å². The van der Waals surface area contributed by atoms with Gasteiger partial charge in [0.2, 0.25) is 5.78 Å². The third kappa shape index (κ3) is 3.52. The van der Waals surface area contributed by atoms with E-state index in [0.29, 0.717) is 4.88 Å². The molecular weight excluding hydrogens is 355 g/mol. The van der Waals surface area contributed by atoms with Crippen LogP contribution in [0.5, 0.6) is 0 Å². The van der Waals surface area contributed by atoms with Gasteiger partial charge in [-0.3, -0.25) is 14.4 Å². The monoisotopic (exact) mass is 368 g/mol. The molecule has 0 aliphatic heterocycles. The van der Waals surface area contributed by atoms with Crippen LogP contribution in [0.15, 0.2) is 60.0 Å². The number of nitrogens with one attached hydrogen (secondary N) is 1. The second-order valence-corrected chi connectivity index (χ2v) is 6.31. The first-order valence-electron chi connectivity index (χ1n) is 7.55. The van der Waals surface area contributed by atoms with Crippen LogP contribution in [-0.2, 0) is 0 Å². The van der Waals surface area contributed by atoms with Gasteiger partial charge in [-0.2, -0.15) is 0 Å². The van der Waals surface area contributed by atoms with Gasteiger partial charge in [-0.05, 0) is 35.7 Å². The van der Waals surface area contributed by atoms with Crippen molar-refractivity contribution in [2.24, 2.45) is 5.73 Å². The van der Waals surface area contributed by atoms with E-state index in [2.05, 4.69) is 5.32 Å². The van der Waals surface area contributed by atoms with E-state index in [0.717, 1.165) is 12.1 Å². The Hall–Kier alpha value is -3.32. The lowest BCUT2D eigenvalue weighted by molar-refractivity contribution is 0.0992. The number of nitrogens with two attached hydrogens (primary N) is 1. The number of thiophene rings is 1. The molecule has 3 N–H and O–H groups in total. The lowest BCUT2D eigenvalue weighted by Crippen LogP contribution is -2.18. The SMILES string of the molecule is NC(=O)c1cc(NC(=O)c2ccccc2C(=O)c2cccs2)ccc1F. The van der Waals surface area contributed by atoms with Gasteiger partial charge in [-0.15, -0.1) is 11.3 Å². The fourth-order valence-electron chi connectivity index (χ4n) is 2.41. The van der Waals surface area contributed by atoms with Gasteiger partial charge in [0.1, 0.15) is 5.82 Å². The number of rotatable bonds is 5. The van der Waals surface area contributed by atoms with Crippen LogP contribution >= 0.6 is 11.3 Å². The number of hydrogen-bond acceptors (Lipinski definition) is 4. The summed E-state index contributed by atoms with van der Waals surface area (Å²) in [5, 5.41) is 4.34. The van der Waals surface area contributed by atoms with Gasteiger partial charge in [-0.25, -0.2) is 4.39 Å². The molecule has 0 saturated carbocycles. The normalized spacial score (nSPS) is 10.3. The summed E-state index contributed by atoms with van der Waals surface area (Å²) in [7, 11) is 0. The van der Waals surface area contributed by atoms with Crippen LogP contribution in [0.3, 0.4) is 0 Å². The molecule has 0 unspecified atom stereocenters. The Morgan fingerprint density at radius 2 is 1.65 bits per heavy atom. The molecule has 5 nitrogen and oxygen atoms in total. The first-order chi connectivity index (χ1) is 12.5. The van der Waals surface area contributed by atoms with Gasteiger partial charge in [0, 0.05) is 11.3 Å². The van der Waals surface area contributed by atoms with Crippen LogP contribution in [0, 0.1) is 5.82 Å². The summed E-state index contributed by atoms with van der Waals surface area (Å²) in [5.41, 5.74) is 5.41. The number of amides is 2. The molecule has 0 aliphatic rings. The van der Waals surface area contributed by atoms with Gasteiger partial charge in [0.15, 0.2) is 0 Å². The van der Waals surface area contributed by atoms with E-state index in [1.54, 1.807) is 35.7 Å². The summed E-state index contributed by atoms with van der Waals surface area (Å²) in [6.07, 6.45) is 0. The highest BCUT2D eigenvalue weighted by molar-refractivity contribution is 7.12. The minimum atomic E-state index is -0.938. The highest BCUT2D eigenvalue weighted by atomic mass is 32.1. The highest BCUT2D eigenvalue weighted by Gasteiger charge is 2.19. The topological polar surface area (TPSA) is 89.3 Å². The summed E-state index contributed by atoms with van der Waals surface area (Å²) in [4.78, 5) is 36.9. The molecule has 0 fully saturated rings. The van der Waals surface area contributed by atoms with Crippen molar-refractivity contribution in [3.63, 3.8) is 0 Å². The quantitative estimate of drug-likeness (QED) is 0.676. The zero-order valence-electron chi connectivity index (χ0n) is 13.4. The van der Waals surface area contributed by atoms with Crippen LogP contribution < -0.4 is 11.1 Å². The number of halogens is 1. The van der Waals surface area contributed by atoms with E-state index in [1.165, 1.54) is 23.5 Å². The summed E-state index contributed by atoms with van der Waals surface area (Å²) < 4.78 is 13.6. The maximum atomic E-state index is 13.6. The highest BCUT2D eigenvalue weighted by Crippen LogP contribution is 2.20. The van der Waals surface area contributed by atoms with Crippen LogP contribution in [0.4, 0.5) is 10.1 Å². The molecule has 26 heavy (non-hydrogen) atoms. The van der Waals surface area contributed by atoms with Gasteiger partial charge < -0.3 is 11.1 Å². The molecule has 2 amide bonds. The maximum Gasteiger partial charge on any atom is 0.256 e. The van der Waals surface area contributed by atoms with Crippen LogP contribution in [-0.4, -0.2) is 17.6 Å². The number of ketones is 1. The third-order valence-corrected chi connectivity index (χ3v) is 4.52. The Labute approximate surface area is 152 Å². The van der Waals surface area contributed by atoms with E-state index < -0.39 is 17.6 Å². The van der Waals surface area contributed by atoms with Crippen molar-refractivity contribution < 1.29 is 18.8 Å². The Kier molecular flexibility index (Phi) is 4.90. The molecule has 0 bridgehead atoms. The lowest BCUT2D eigenvalue weighted by atomic mass is 10.0. The van der Waals surface area contributed by atoms with E-state index in [4.69, 9.17) is 5.73 Å². The molecule has 0 spiro atoms. The predicted octanol–water partition coefficient (Wildman–Crippen LogP) is 3.47. The molecule has 0 aliphatic carbocycles. The van der Waals surface area contributed by atoms with Crippen molar-refractivity contribution in [2.75, 3.05) is 5.32 Å². The Morgan fingerprint density at radius 3 is 2.31 bits per heavy atom. The first kappa shape index (κ1) is 17.5. The van der Waals surface area contributed by atoms with Crippen molar-refractivity contribution in [3.8, 4) is 0 Å². The number of primary amides is 1. The van der Waals surface area contributed by atoms with Gasteiger partial charge in [0.05, 0.1) is 16.0 Å². The number of benzene rings is 2. The van der Waals surface area contributed by atoms with Gasteiger partial charge in [0.25, 0.3) is 11.8 Å². The van der Waals surface area contributed by atoms with Crippen LogP contribution in [0.1, 0.15) is 36.0 Å². The maximum absolute atomic E-state index is 13.6. The van der Waals surface area contributed by atoms with E-state index >= 15 is 0 Å². The average molecular weight is 368 g/mol. The zero-order chi connectivity index (χ0) is 18.7. The minimum absolute atomic E-state index is 0.177. The summed E-state index contributed by atoms with van der Waals surface area (Å²) in [6.45, 7) is 0. The molecule has 2 aromatic carbocycles. The largest absolute Gasteiger partial charge is 0.366 e. The molecule has 0 radical (unpaired) electrons. The fraction of sp³-hybridized carbons (Fsp3) is 0. The second-order valence-electron chi connectivity index (χ2n) is 5.37. The predicted molar refractivity (Wildman–Crippen MR) is 97.1 cm³/mol. The van der Waals surface area contributed by atoms with Crippen molar-refractivity contribution >= 4 is 34.6 Å². The fourth-order valence-corrected chi connectivity index (χ4v) is 3.09.